The summed E-state index contributed by atoms with van der Waals surface area (Å²) in [5, 5.41) is 22.5. The lowest BCUT2D eigenvalue weighted by Gasteiger charge is -2.62. The van der Waals surface area contributed by atoms with Crippen LogP contribution in [-0.2, 0) is 16.2 Å². The number of para-hydroxylation sites is 1. The highest BCUT2D eigenvalue weighted by atomic mass is 16.7. The predicted molar refractivity (Wildman–Crippen MR) is 190 cm³/mol. The van der Waals surface area contributed by atoms with E-state index in [1.165, 1.54) is 6.42 Å². The van der Waals surface area contributed by atoms with E-state index >= 15 is 0 Å². The number of carbonyl (C=O) groups excluding carboxylic acids is 2. The Hall–Kier alpha value is -3.18. The minimum absolute atomic E-state index is 0.0926. The second-order valence-corrected chi connectivity index (χ2v) is 15.4. The number of anilines is 1. The molecule has 264 valence electrons. The number of amides is 2. The first kappa shape index (κ1) is 36.1. The van der Waals surface area contributed by atoms with Crippen LogP contribution >= 0.6 is 0 Å². The second-order valence-electron chi connectivity index (χ2n) is 15.4. The smallest absolute Gasteiger partial charge is 0.251 e. The number of methoxy groups -OCH3 is 1. The number of benzene rings is 2. The van der Waals surface area contributed by atoms with Crippen molar-refractivity contribution in [3.05, 3.63) is 47.5 Å². The van der Waals surface area contributed by atoms with Gasteiger partial charge in [0.05, 0.1) is 25.9 Å². The molecule has 10 nitrogen and oxygen atoms in total. The van der Waals surface area contributed by atoms with Crippen molar-refractivity contribution in [1.29, 1.82) is 0 Å². The molecule has 1 heterocycles. The van der Waals surface area contributed by atoms with Crippen LogP contribution in [0.25, 0.3) is 11.1 Å². The monoisotopic (exact) mass is 663 g/mol. The van der Waals surface area contributed by atoms with Crippen LogP contribution in [0.3, 0.4) is 0 Å². The molecular weight excluding hydrogens is 606 g/mol. The number of nitrogens with zero attached hydrogens (tertiary/aromatic N) is 2. The number of aliphatic hydroxyl groups is 1. The Bertz CT molecular complexity index is 1480. The molecule has 3 saturated carbocycles. The molecule has 1 saturated heterocycles. The number of carbonyl (C=O) groups is 2. The fraction of sp³-hybridized carbons (Fsp3) is 0.632. The Morgan fingerprint density at radius 3 is 2.46 bits per heavy atom. The van der Waals surface area contributed by atoms with E-state index in [0.717, 1.165) is 28.8 Å². The van der Waals surface area contributed by atoms with Gasteiger partial charge >= 0.3 is 0 Å². The molecule has 2 amide bonds. The van der Waals surface area contributed by atoms with Crippen LogP contribution in [0.4, 0.5) is 5.69 Å². The van der Waals surface area contributed by atoms with Gasteiger partial charge in [0, 0.05) is 68.1 Å². The van der Waals surface area contributed by atoms with E-state index in [9.17, 15) is 14.7 Å². The van der Waals surface area contributed by atoms with Gasteiger partial charge in [-0.05, 0) is 66.7 Å². The van der Waals surface area contributed by atoms with E-state index in [1.54, 1.807) is 26.1 Å². The van der Waals surface area contributed by atoms with Gasteiger partial charge < -0.3 is 30.7 Å². The zero-order valence-electron chi connectivity index (χ0n) is 30.5. The number of ether oxygens (including phenoxy) is 1. The molecule has 4 fully saturated rings. The third-order valence-electron chi connectivity index (χ3n) is 11.5. The third kappa shape index (κ3) is 6.95. The van der Waals surface area contributed by atoms with Crippen molar-refractivity contribution in [2.75, 3.05) is 39.7 Å². The van der Waals surface area contributed by atoms with Gasteiger partial charge in [0.1, 0.15) is 11.8 Å². The Labute approximate surface area is 286 Å². The van der Waals surface area contributed by atoms with E-state index in [0.29, 0.717) is 41.0 Å². The molecule has 48 heavy (non-hydrogen) atoms. The highest BCUT2D eigenvalue weighted by molar-refractivity contribution is 5.97. The Balaban J connectivity index is 1.49. The van der Waals surface area contributed by atoms with Crippen LogP contribution in [0, 0.1) is 29.1 Å². The molecule has 10 heteroatoms. The highest BCUT2D eigenvalue weighted by Gasteiger charge is 2.57. The molecule has 2 bridgehead atoms. The van der Waals surface area contributed by atoms with Crippen LogP contribution in [0.2, 0.25) is 0 Å². The van der Waals surface area contributed by atoms with Gasteiger partial charge in [0.15, 0.2) is 0 Å². The van der Waals surface area contributed by atoms with Crippen molar-refractivity contribution in [3.63, 3.8) is 0 Å². The number of hydroxylamine groups is 2. The third-order valence-corrected chi connectivity index (χ3v) is 11.5. The Morgan fingerprint density at radius 1 is 1.15 bits per heavy atom. The molecule has 0 radical (unpaired) electrons. The summed E-state index contributed by atoms with van der Waals surface area (Å²) >= 11 is 0. The molecule has 8 atom stereocenters. The van der Waals surface area contributed by atoms with Crippen molar-refractivity contribution in [2.24, 2.45) is 29.1 Å². The molecule has 3 aliphatic carbocycles. The lowest BCUT2D eigenvalue weighted by Crippen LogP contribution is -2.62. The summed E-state index contributed by atoms with van der Waals surface area (Å²) in [4.78, 5) is 35.6. The van der Waals surface area contributed by atoms with Crippen LogP contribution in [0.15, 0.2) is 36.4 Å². The predicted octanol–water partition coefficient (Wildman–Crippen LogP) is 4.45. The highest BCUT2D eigenvalue weighted by Crippen LogP contribution is 2.61. The van der Waals surface area contributed by atoms with Gasteiger partial charge in [0.2, 0.25) is 5.91 Å². The summed E-state index contributed by atoms with van der Waals surface area (Å²) in [6.45, 7) is 13.7. The van der Waals surface area contributed by atoms with Crippen molar-refractivity contribution in [2.45, 2.75) is 91.3 Å². The first-order valence-electron chi connectivity index (χ1n) is 17.5. The molecule has 0 unspecified atom stereocenters. The largest absolute Gasteiger partial charge is 0.496 e. The first-order chi connectivity index (χ1) is 22.7. The number of hydrogen-bond donors (Lipinski definition) is 4. The zero-order valence-corrected chi connectivity index (χ0v) is 30.5. The maximum absolute atomic E-state index is 14.4. The van der Waals surface area contributed by atoms with Crippen molar-refractivity contribution in [1.82, 2.24) is 21.0 Å². The molecule has 0 spiro atoms. The summed E-state index contributed by atoms with van der Waals surface area (Å²) in [6, 6.07) is 11.3. The first-order valence-corrected chi connectivity index (χ1v) is 17.5. The lowest BCUT2D eigenvalue weighted by atomic mass is 9.45. The zero-order chi connectivity index (χ0) is 35.1. The normalized spacial score (nSPS) is 28.5. The molecular formula is C38H57N5O5. The number of aliphatic hydroxyl groups excluding tert-OH is 1. The fourth-order valence-electron chi connectivity index (χ4n) is 8.50. The number of hydrogen-bond acceptors (Lipinski definition) is 8. The van der Waals surface area contributed by atoms with E-state index < -0.39 is 24.2 Å². The van der Waals surface area contributed by atoms with E-state index in [4.69, 9.17) is 9.57 Å². The summed E-state index contributed by atoms with van der Waals surface area (Å²) in [5.74, 6) is 1.50. The van der Waals surface area contributed by atoms with Crippen LogP contribution in [-0.4, -0.2) is 87.1 Å². The Morgan fingerprint density at radius 2 is 1.88 bits per heavy atom. The molecule has 4 aliphatic rings. The summed E-state index contributed by atoms with van der Waals surface area (Å²) in [5.41, 5.74) is 4.24. The molecule has 1 aliphatic heterocycles. The van der Waals surface area contributed by atoms with Crippen LogP contribution in [0.5, 0.6) is 5.75 Å². The van der Waals surface area contributed by atoms with Gasteiger partial charge in [-0.1, -0.05) is 52.8 Å². The minimum Gasteiger partial charge on any atom is -0.496 e. The topological polar surface area (TPSA) is 115 Å². The van der Waals surface area contributed by atoms with Gasteiger partial charge in [-0.2, -0.15) is 5.06 Å². The van der Waals surface area contributed by atoms with Crippen molar-refractivity contribution >= 4 is 17.5 Å². The van der Waals surface area contributed by atoms with Crippen molar-refractivity contribution < 1.29 is 24.3 Å². The van der Waals surface area contributed by atoms with Gasteiger partial charge in [0.25, 0.3) is 5.91 Å². The maximum atomic E-state index is 14.4. The summed E-state index contributed by atoms with van der Waals surface area (Å²) in [6.07, 6.45) is 1.03. The number of fused-ring (bicyclic) bond motifs is 2. The maximum Gasteiger partial charge on any atom is 0.251 e. The standard InChI is InChI=1S/C38H57N5O5/c1-21(2)40-19-32-33(23(4)44)34(37(46)41-31-18-27-17-30(22(31)3)38(27,5)6)43(48-32)20-24-12-11-13-29(35(24)47-10)25-14-26(36(45)39-7)16-28(15-25)42(8)9/h11-16,21-23,27,30-34,40,44H,17-20H2,1-10H3,(H,39,45)(H,41,46)/t22-,23-,27+,30+,31-,32-,33+,34-/m0/s1. The molecule has 2 aromatic rings. The van der Waals surface area contributed by atoms with Gasteiger partial charge in [-0.3, -0.25) is 14.4 Å². The van der Waals surface area contributed by atoms with E-state index in [2.05, 4.69) is 50.6 Å². The van der Waals surface area contributed by atoms with Crippen LogP contribution < -0.4 is 25.6 Å². The van der Waals surface area contributed by atoms with Gasteiger partial charge in [-0.15, -0.1) is 0 Å². The average molecular weight is 664 g/mol. The number of rotatable bonds is 12. The quantitative estimate of drug-likeness (QED) is 0.264. The summed E-state index contributed by atoms with van der Waals surface area (Å²) in [7, 11) is 7.14. The van der Waals surface area contributed by atoms with E-state index in [-0.39, 0.29) is 30.4 Å². The van der Waals surface area contributed by atoms with E-state index in [1.807, 2.05) is 55.4 Å². The minimum atomic E-state index is -0.772. The van der Waals surface area contributed by atoms with Crippen LogP contribution in [0.1, 0.15) is 70.3 Å². The second kappa shape index (κ2) is 14.4. The molecule has 4 N–H and O–H groups in total. The van der Waals surface area contributed by atoms with Crippen molar-refractivity contribution in [3.8, 4) is 16.9 Å². The molecule has 2 aromatic carbocycles. The van der Waals surface area contributed by atoms with Gasteiger partial charge in [-0.25, -0.2) is 0 Å². The SMILES string of the molecule is CNC(=O)c1cc(-c2cccc(CN3O[C@@H](CNC(C)C)[C@@H]([C@H](C)O)[C@H]3C(=O)N[C@H]3C[C@H]4C[C@H]([C@@H]3C)C4(C)C)c2OC)cc(N(C)C)c1. The fourth-order valence-corrected chi connectivity index (χ4v) is 8.50. The Kier molecular flexibility index (Phi) is 10.8. The molecule has 0 aromatic heterocycles. The lowest BCUT2D eigenvalue weighted by molar-refractivity contribution is -0.177. The average Bonchev–Trinajstić information content (AvgIpc) is 3.41. The molecule has 6 rings (SSSR count). The summed E-state index contributed by atoms with van der Waals surface area (Å²) < 4.78 is 6.06. The number of nitrogens with one attached hydrogen (secondary N) is 3.